The van der Waals surface area contributed by atoms with Gasteiger partial charge in [0.2, 0.25) is 0 Å². The first kappa shape index (κ1) is 22.6. The van der Waals surface area contributed by atoms with E-state index in [1.807, 2.05) is 20.8 Å². The average molecular weight is 446 g/mol. The number of rotatable bonds is 10. The normalized spacial score (nSPS) is 21.0. The summed E-state index contributed by atoms with van der Waals surface area (Å²) in [6.45, 7) is 8.46. The standard InChI is InChI=1S/C18H28ClN5O4S/c1-5-8-29-17-20-15(19)14-16(21-17)24(23-22-14)11(2)9-12(26-7-6-25)13-10-27-18(3,4)28-13/h11-13,25H,5-10H2,1-4H3/t11-,12-,13+/m0/s1. The second kappa shape index (κ2) is 9.84. The lowest BCUT2D eigenvalue weighted by Gasteiger charge is -2.26. The van der Waals surface area contributed by atoms with Crippen molar-refractivity contribution in [2.45, 2.75) is 69.7 Å². The van der Waals surface area contributed by atoms with Crippen LogP contribution >= 0.6 is 23.4 Å². The summed E-state index contributed by atoms with van der Waals surface area (Å²) in [7, 11) is 0. The second-order valence-electron chi connectivity index (χ2n) is 7.44. The maximum absolute atomic E-state index is 9.19. The van der Waals surface area contributed by atoms with Crippen molar-refractivity contribution in [2.75, 3.05) is 25.6 Å². The Morgan fingerprint density at radius 1 is 1.41 bits per heavy atom. The van der Waals surface area contributed by atoms with Crippen molar-refractivity contribution in [3.8, 4) is 0 Å². The molecule has 0 aromatic carbocycles. The third-order valence-electron chi connectivity index (χ3n) is 4.56. The molecule has 0 spiro atoms. The fourth-order valence-corrected chi connectivity index (χ4v) is 4.15. The summed E-state index contributed by atoms with van der Waals surface area (Å²) in [5, 5.41) is 18.5. The molecule has 29 heavy (non-hydrogen) atoms. The number of thioether (sulfide) groups is 1. The lowest BCUT2D eigenvalue weighted by molar-refractivity contribution is -0.159. The largest absolute Gasteiger partial charge is 0.394 e. The number of aliphatic hydroxyl groups excluding tert-OH is 1. The molecular formula is C18H28ClN5O4S. The quantitative estimate of drug-likeness (QED) is 0.335. The van der Waals surface area contributed by atoms with Crippen LogP contribution in [0.4, 0.5) is 0 Å². The van der Waals surface area contributed by atoms with Crippen molar-refractivity contribution in [2.24, 2.45) is 0 Å². The van der Waals surface area contributed by atoms with E-state index in [4.69, 9.17) is 25.8 Å². The van der Waals surface area contributed by atoms with Crippen molar-refractivity contribution in [3.05, 3.63) is 5.15 Å². The summed E-state index contributed by atoms with van der Waals surface area (Å²) in [4.78, 5) is 8.92. The highest BCUT2D eigenvalue weighted by Crippen LogP contribution is 2.30. The smallest absolute Gasteiger partial charge is 0.191 e. The summed E-state index contributed by atoms with van der Waals surface area (Å²) >= 11 is 7.85. The van der Waals surface area contributed by atoms with E-state index in [-0.39, 0.29) is 31.5 Å². The third-order valence-corrected chi connectivity index (χ3v) is 5.87. The summed E-state index contributed by atoms with van der Waals surface area (Å²) in [6.07, 6.45) is 1.09. The molecular weight excluding hydrogens is 418 g/mol. The van der Waals surface area contributed by atoms with Crippen molar-refractivity contribution < 1.29 is 19.3 Å². The van der Waals surface area contributed by atoms with Crippen molar-refractivity contribution in [1.29, 1.82) is 0 Å². The van der Waals surface area contributed by atoms with Gasteiger partial charge in [0.15, 0.2) is 27.3 Å². The molecule has 1 saturated heterocycles. The topological polar surface area (TPSA) is 104 Å². The maximum Gasteiger partial charge on any atom is 0.191 e. The van der Waals surface area contributed by atoms with E-state index in [2.05, 4.69) is 27.2 Å². The van der Waals surface area contributed by atoms with Gasteiger partial charge in [-0.15, -0.1) is 5.10 Å². The molecule has 3 rings (SSSR count). The Morgan fingerprint density at radius 2 is 2.21 bits per heavy atom. The maximum atomic E-state index is 9.19. The molecule has 0 saturated carbocycles. The molecule has 9 nitrogen and oxygen atoms in total. The number of ether oxygens (including phenoxy) is 3. The zero-order valence-electron chi connectivity index (χ0n) is 17.2. The molecule has 11 heteroatoms. The van der Waals surface area contributed by atoms with Crippen molar-refractivity contribution >= 4 is 34.5 Å². The number of aliphatic hydroxyl groups is 1. The average Bonchev–Trinajstić information content (AvgIpc) is 3.26. The van der Waals surface area contributed by atoms with Gasteiger partial charge in [-0.05, 0) is 33.6 Å². The number of halogens is 1. The van der Waals surface area contributed by atoms with Crippen LogP contribution in [0.25, 0.3) is 11.2 Å². The molecule has 2 aromatic heterocycles. The van der Waals surface area contributed by atoms with Gasteiger partial charge in [-0.25, -0.2) is 14.6 Å². The lowest BCUT2D eigenvalue weighted by Crippen LogP contribution is -2.35. The van der Waals surface area contributed by atoms with Gasteiger partial charge in [-0.3, -0.25) is 0 Å². The van der Waals surface area contributed by atoms with Crippen LogP contribution in [0.1, 0.15) is 46.6 Å². The highest BCUT2D eigenvalue weighted by atomic mass is 35.5. The molecule has 1 aliphatic heterocycles. The van der Waals surface area contributed by atoms with E-state index in [0.717, 1.165) is 12.2 Å². The Morgan fingerprint density at radius 3 is 2.86 bits per heavy atom. The summed E-state index contributed by atoms with van der Waals surface area (Å²) < 4.78 is 19.3. The van der Waals surface area contributed by atoms with Crippen LogP contribution in [-0.4, -0.2) is 73.6 Å². The number of nitrogens with zero attached hydrogens (tertiary/aromatic N) is 5. The van der Waals surface area contributed by atoms with Crippen LogP contribution < -0.4 is 0 Å². The van der Waals surface area contributed by atoms with E-state index in [1.165, 1.54) is 0 Å². The van der Waals surface area contributed by atoms with Crippen LogP contribution in [0.3, 0.4) is 0 Å². The van der Waals surface area contributed by atoms with Gasteiger partial charge in [-0.1, -0.05) is 35.5 Å². The van der Waals surface area contributed by atoms with E-state index >= 15 is 0 Å². The minimum absolute atomic E-state index is 0.0606. The Kier molecular flexibility index (Phi) is 7.69. The van der Waals surface area contributed by atoms with E-state index in [9.17, 15) is 5.11 Å². The minimum Gasteiger partial charge on any atom is -0.394 e. The van der Waals surface area contributed by atoms with Gasteiger partial charge in [-0.2, -0.15) is 0 Å². The fraction of sp³-hybridized carbons (Fsp3) is 0.778. The van der Waals surface area contributed by atoms with Gasteiger partial charge in [0.25, 0.3) is 0 Å². The molecule has 3 atom stereocenters. The number of hydrogen-bond donors (Lipinski definition) is 1. The molecule has 0 amide bonds. The summed E-state index contributed by atoms with van der Waals surface area (Å²) in [6, 6.07) is -0.0917. The first-order valence-electron chi connectivity index (χ1n) is 9.80. The highest BCUT2D eigenvalue weighted by Gasteiger charge is 2.38. The Labute approximate surface area is 179 Å². The van der Waals surface area contributed by atoms with E-state index in [1.54, 1.807) is 16.4 Å². The zero-order valence-corrected chi connectivity index (χ0v) is 18.7. The SMILES string of the molecule is CCCSc1nc(Cl)c2nnn([C@@H](C)C[C@H](OCCO)[C@H]3COC(C)(C)O3)c2n1. The van der Waals surface area contributed by atoms with Crippen LogP contribution in [0.5, 0.6) is 0 Å². The molecule has 2 aromatic rings. The van der Waals surface area contributed by atoms with Gasteiger partial charge < -0.3 is 19.3 Å². The van der Waals surface area contributed by atoms with Crippen LogP contribution in [-0.2, 0) is 14.2 Å². The molecule has 1 fully saturated rings. The molecule has 1 N–H and O–H groups in total. The predicted octanol–water partition coefficient (Wildman–Crippen LogP) is 2.86. The molecule has 0 unspecified atom stereocenters. The zero-order chi connectivity index (χ0) is 21.0. The first-order valence-corrected chi connectivity index (χ1v) is 11.2. The Bertz CT molecular complexity index is 821. The van der Waals surface area contributed by atoms with Gasteiger partial charge in [0.1, 0.15) is 6.10 Å². The molecule has 0 aliphatic carbocycles. The first-order chi connectivity index (χ1) is 13.8. The molecule has 0 radical (unpaired) electrons. The Balaban J connectivity index is 1.81. The molecule has 162 valence electrons. The summed E-state index contributed by atoms with van der Waals surface area (Å²) in [5.74, 6) is 0.256. The number of aromatic nitrogens is 5. The van der Waals surface area contributed by atoms with Gasteiger partial charge >= 0.3 is 0 Å². The predicted molar refractivity (Wildman–Crippen MR) is 110 cm³/mol. The van der Waals surface area contributed by atoms with Gasteiger partial charge in [0.05, 0.1) is 32.0 Å². The van der Waals surface area contributed by atoms with E-state index in [0.29, 0.717) is 34.5 Å². The van der Waals surface area contributed by atoms with Gasteiger partial charge in [0, 0.05) is 5.75 Å². The number of fused-ring (bicyclic) bond motifs is 1. The molecule has 1 aliphatic rings. The van der Waals surface area contributed by atoms with Crippen molar-refractivity contribution in [3.63, 3.8) is 0 Å². The second-order valence-corrected chi connectivity index (χ2v) is 8.86. The van der Waals surface area contributed by atoms with Crippen LogP contribution in [0.2, 0.25) is 5.15 Å². The monoisotopic (exact) mass is 445 g/mol. The Hall–Kier alpha value is -1.04. The highest BCUT2D eigenvalue weighted by molar-refractivity contribution is 7.99. The minimum atomic E-state index is -0.652. The lowest BCUT2D eigenvalue weighted by atomic mass is 10.1. The van der Waals surface area contributed by atoms with Crippen LogP contribution in [0.15, 0.2) is 5.16 Å². The van der Waals surface area contributed by atoms with E-state index < -0.39 is 5.79 Å². The van der Waals surface area contributed by atoms with Crippen molar-refractivity contribution in [1.82, 2.24) is 25.0 Å². The van der Waals surface area contributed by atoms with Crippen LogP contribution in [0, 0.1) is 0 Å². The molecule has 3 heterocycles. The summed E-state index contributed by atoms with van der Waals surface area (Å²) in [5.41, 5.74) is 1.08. The fourth-order valence-electron chi connectivity index (χ4n) is 3.20. The third kappa shape index (κ3) is 5.56. The number of hydrogen-bond acceptors (Lipinski definition) is 9. The molecule has 0 bridgehead atoms.